The molecule has 0 heterocycles. The summed E-state index contributed by atoms with van der Waals surface area (Å²) in [6, 6.07) is 5.59. The predicted octanol–water partition coefficient (Wildman–Crippen LogP) is 2.70. The highest BCUT2D eigenvalue weighted by Gasteiger charge is 2.33. The molecule has 1 atom stereocenters. The monoisotopic (exact) mass is 281 g/mol. The molecule has 1 rings (SSSR count). The van der Waals surface area contributed by atoms with Gasteiger partial charge in [0.05, 0.1) is 0 Å². The molecule has 0 fully saturated rings. The van der Waals surface area contributed by atoms with Crippen molar-refractivity contribution in [2.24, 2.45) is 0 Å². The van der Waals surface area contributed by atoms with Gasteiger partial charge in [-0.05, 0) is 44.2 Å². The number of rotatable bonds is 5. The van der Waals surface area contributed by atoms with E-state index in [4.69, 9.17) is 0 Å². The van der Waals surface area contributed by atoms with E-state index in [1.807, 2.05) is 25.3 Å². The summed E-state index contributed by atoms with van der Waals surface area (Å²) in [4.78, 5) is 24.4. The largest absolute Gasteiger partial charge is 0.480 e. The van der Waals surface area contributed by atoms with Crippen molar-refractivity contribution >= 4 is 23.6 Å². The molecule has 0 aromatic heterocycles. The van der Waals surface area contributed by atoms with Crippen molar-refractivity contribution in [3.63, 3.8) is 0 Å². The maximum Gasteiger partial charge on any atom is 0.329 e. The average Bonchev–Trinajstić information content (AvgIpc) is 2.38. The Morgan fingerprint density at radius 2 is 2.05 bits per heavy atom. The van der Waals surface area contributed by atoms with Gasteiger partial charge in [0, 0.05) is 10.5 Å². The van der Waals surface area contributed by atoms with Gasteiger partial charge in [0.15, 0.2) is 0 Å². The molecule has 0 aliphatic rings. The topological polar surface area (TPSA) is 66.4 Å². The van der Waals surface area contributed by atoms with Crippen molar-refractivity contribution in [3.05, 3.63) is 29.3 Å². The van der Waals surface area contributed by atoms with Crippen LogP contribution in [0.1, 0.15) is 36.2 Å². The highest BCUT2D eigenvalue weighted by atomic mass is 32.2. The Morgan fingerprint density at radius 1 is 1.42 bits per heavy atom. The standard InChI is InChI=1S/C14H19NO3S/c1-5-14(3,13(17)18)15-12(16)11-8-10(19-4)7-6-9(11)2/h6-8H,5H2,1-4H3,(H,15,16)(H,17,18). The van der Waals surface area contributed by atoms with E-state index in [-0.39, 0.29) is 5.91 Å². The molecule has 0 aliphatic heterocycles. The average molecular weight is 281 g/mol. The second-order valence-electron chi connectivity index (χ2n) is 4.63. The Balaban J connectivity index is 3.04. The molecule has 1 aromatic carbocycles. The number of carboxylic acid groups (broad SMARTS) is 1. The van der Waals surface area contributed by atoms with Gasteiger partial charge in [0.2, 0.25) is 0 Å². The van der Waals surface area contributed by atoms with Crippen LogP contribution in [0, 0.1) is 6.92 Å². The smallest absolute Gasteiger partial charge is 0.329 e. The number of aliphatic carboxylic acids is 1. The Bertz CT molecular complexity index is 501. The third-order valence-electron chi connectivity index (χ3n) is 3.26. The van der Waals surface area contributed by atoms with Crippen LogP contribution in [0.4, 0.5) is 0 Å². The van der Waals surface area contributed by atoms with Crippen molar-refractivity contribution in [2.75, 3.05) is 6.26 Å². The number of carboxylic acids is 1. The van der Waals surface area contributed by atoms with Crippen LogP contribution in [-0.2, 0) is 4.79 Å². The van der Waals surface area contributed by atoms with Gasteiger partial charge in [0.1, 0.15) is 5.54 Å². The first-order valence-electron chi connectivity index (χ1n) is 6.04. The number of hydrogen-bond donors (Lipinski definition) is 2. The van der Waals surface area contributed by atoms with Gasteiger partial charge in [-0.1, -0.05) is 13.0 Å². The molecule has 0 saturated heterocycles. The quantitative estimate of drug-likeness (QED) is 0.814. The second kappa shape index (κ2) is 6.10. The molecule has 5 heteroatoms. The molecule has 19 heavy (non-hydrogen) atoms. The predicted molar refractivity (Wildman–Crippen MR) is 76.8 cm³/mol. The number of carbonyl (C=O) groups is 2. The zero-order chi connectivity index (χ0) is 14.6. The lowest BCUT2D eigenvalue weighted by Gasteiger charge is -2.25. The molecule has 1 amide bonds. The lowest BCUT2D eigenvalue weighted by atomic mass is 9.98. The summed E-state index contributed by atoms with van der Waals surface area (Å²) < 4.78 is 0. The molecular formula is C14H19NO3S. The SMILES string of the molecule is CCC(C)(NC(=O)c1cc(SC)ccc1C)C(=O)O. The maximum absolute atomic E-state index is 12.2. The molecule has 104 valence electrons. The summed E-state index contributed by atoms with van der Waals surface area (Å²) in [5.74, 6) is -1.37. The lowest BCUT2D eigenvalue weighted by molar-refractivity contribution is -0.143. The second-order valence-corrected chi connectivity index (χ2v) is 5.51. The first-order valence-corrected chi connectivity index (χ1v) is 7.27. The molecule has 0 saturated carbocycles. The number of benzene rings is 1. The Hall–Kier alpha value is -1.49. The summed E-state index contributed by atoms with van der Waals surface area (Å²) in [5.41, 5.74) is 0.116. The van der Waals surface area contributed by atoms with Crippen LogP contribution in [0.5, 0.6) is 0 Å². The van der Waals surface area contributed by atoms with Gasteiger partial charge in [-0.15, -0.1) is 11.8 Å². The van der Waals surface area contributed by atoms with Crippen LogP contribution < -0.4 is 5.32 Å². The Kier molecular flexibility index (Phi) is 5.00. The van der Waals surface area contributed by atoms with Gasteiger partial charge in [-0.2, -0.15) is 0 Å². The van der Waals surface area contributed by atoms with E-state index < -0.39 is 11.5 Å². The summed E-state index contributed by atoms with van der Waals surface area (Å²) in [6.45, 7) is 5.09. The molecule has 2 N–H and O–H groups in total. The maximum atomic E-state index is 12.2. The molecule has 0 aliphatic carbocycles. The van der Waals surface area contributed by atoms with Gasteiger partial charge in [-0.25, -0.2) is 4.79 Å². The molecule has 4 nitrogen and oxygen atoms in total. The summed E-state index contributed by atoms with van der Waals surface area (Å²) in [7, 11) is 0. The fourth-order valence-corrected chi connectivity index (χ4v) is 2.02. The molecule has 0 radical (unpaired) electrons. The minimum atomic E-state index is -1.24. The lowest BCUT2D eigenvalue weighted by Crippen LogP contribution is -2.51. The third kappa shape index (κ3) is 3.50. The minimum absolute atomic E-state index is 0.329. The van der Waals surface area contributed by atoms with Gasteiger partial charge >= 0.3 is 5.97 Å². The van der Waals surface area contributed by atoms with E-state index in [0.717, 1.165) is 10.5 Å². The number of nitrogens with one attached hydrogen (secondary N) is 1. The van der Waals surface area contributed by atoms with Crippen LogP contribution in [0.3, 0.4) is 0 Å². The van der Waals surface area contributed by atoms with Gasteiger partial charge in [-0.3, -0.25) is 4.79 Å². The number of hydrogen-bond acceptors (Lipinski definition) is 3. The number of aryl methyl sites for hydroxylation is 1. The molecule has 0 bridgehead atoms. The zero-order valence-corrected chi connectivity index (χ0v) is 12.4. The number of carbonyl (C=O) groups excluding carboxylic acids is 1. The molecule has 1 aromatic rings. The van der Waals surface area contributed by atoms with Crippen molar-refractivity contribution in [2.45, 2.75) is 37.6 Å². The summed E-state index contributed by atoms with van der Waals surface area (Å²) in [5, 5.41) is 11.8. The fourth-order valence-electron chi connectivity index (χ4n) is 1.58. The van der Waals surface area contributed by atoms with Crippen molar-refractivity contribution < 1.29 is 14.7 Å². The first-order chi connectivity index (χ1) is 8.84. The van der Waals surface area contributed by atoms with E-state index >= 15 is 0 Å². The highest BCUT2D eigenvalue weighted by molar-refractivity contribution is 7.98. The first kappa shape index (κ1) is 15.6. The van der Waals surface area contributed by atoms with Crippen molar-refractivity contribution in [1.29, 1.82) is 0 Å². The minimum Gasteiger partial charge on any atom is -0.480 e. The van der Waals surface area contributed by atoms with E-state index in [1.54, 1.807) is 24.8 Å². The van der Waals surface area contributed by atoms with Crippen molar-refractivity contribution in [1.82, 2.24) is 5.32 Å². The molecular weight excluding hydrogens is 262 g/mol. The van der Waals surface area contributed by atoms with Gasteiger partial charge < -0.3 is 10.4 Å². The van der Waals surface area contributed by atoms with Crippen LogP contribution in [0.15, 0.2) is 23.1 Å². The Labute approximate surface area is 117 Å². The van der Waals surface area contributed by atoms with Crippen LogP contribution in [-0.4, -0.2) is 28.8 Å². The number of amides is 1. The van der Waals surface area contributed by atoms with E-state index in [1.165, 1.54) is 6.92 Å². The molecule has 0 spiro atoms. The zero-order valence-electron chi connectivity index (χ0n) is 11.6. The number of thioether (sulfide) groups is 1. The highest BCUT2D eigenvalue weighted by Crippen LogP contribution is 2.20. The normalized spacial score (nSPS) is 13.7. The molecule has 1 unspecified atom stereocenters. The van der Waals surface area contributed by atoms with E-state index in [0.29, 0.717) is 12.0 Å². The third-order valence-corrected chi connectivity index (χ3v) is 3.98. The van der Waals surface area contributed by atoms with Crippen LogP contribution >= 0.6 is 11.8 Å². The summed E-state index contributed by atoms with van der Waals surface area (Å²) >= 11 is 1.54. The van der Waals surface area contributed by atoms with Crippen molar-refractivity contribution in [3.8, 4) is 0 Å². The fraction of sp³-hybridized carbons (Fsp3) is 0.429. The van der Waals surface area contributed by atoms with E-state index in [2.05, 4.69) is 5.32 Å². The van der Waals surface area contributed by atoms with Crippen LogP contribution in [0.25, 0.3) is 0 Å². The van der Waals surface area contributed by atoms with Gasteiger partial charge in [0.25, 0.3) is 5.91 Å². The summed E-state index contributed by atoms with van der Waals surface area (Å²) in [6.07, 6.45) is 2.26. The Morgan fingerprint density at radius 3 is 2.53 bits per heavy atom. The van der Waals surface area contributed by atoms with Crippen LogP contribution in [0.2, 0.25) is 0 Å². The van der Waals surface area contributed by atoms with E-state index in [9.17, 15) is 14.7 Å².